The second-order valence-corrected chi connectivity index (χ2v) is 13.4. The number of aromatic nitrogens is 1. The van der Waals surface area contributed by atoms with Gasteiger partial charge in [0.2, 0.25) is 9.84 Å². The number of rotatable bonds is 6. The van der Waals surface area contributed by atoms with Gasteiger partial charge in [-0.25, -0.2) is 8.42 Å². The maximum absolute atomic E-state index is 13.2. The van der Waals surface area contributed by atoms with Gasteiger partial charge in [-0.1, -0.05) is 68.7 Å². The van der Waals surface area contributed by atoms with Gasteiger partial charge in [-0.2, -0.15) is 0 Å². The number of amides is 1. The van der Waals surface area contributed by atoms with E-state index < -0.39 is 9.84 Å². The highest BCUT2D eigenvalue weighted by Crippen LogP contribution is 2.40. The summed E-state index contributed by atoms with van der Waals surface area (Å²) in [6.45, 7) is 2.01. The molecule has 0 saturated heterocycles. The Hall–Kier alpha value is -2.81. The average molecular weight is 584 g/mol. The Kier molecular flexibility index (Phi) is 8.88. The van der Waals surface area contributed by atoms with Crippen molar-refractivity contribution >= 4 is 27.3 Å². The lowest BCUT2D eigenvalue weighted by Crippen LogP contribution is -2.43. The molecule has 1 aliphatic heterocycles. The molecule has 1 aliphatic carbocycles. The average Bonchev–Trinajstić information content (AvgIpc) is 3.42. The molecule has 0 radical (unpaired) electrons. The molecule has 3 aromatic rings. The van der Waals surface area contributed by atoms with Gasteiger partial charge < -0.3 is 20.4 Å². The Morgan fingerprint density at radius 3 is 2.33 bits per heavy atom. The van der Waals surface area contributed by atoms with E-state index in [4.69, 9.17) is 16.3 Å². The topological polar surface area (TPSA) is 100 Å². The number of hydrogen-bond acceptors (Lipinski definition) is 5. The molecule has 9 heteroatoms. The highest BCUT2D eigenvalue weighted by molar-refractivity contribution is 7.91. The maximum Gasteiger partial charge on any atom is 0.267 e. The molecule has 2 heterocycles. The summed E-state index contributed by atoms with van der Waals surface area (Å²) < 4.78 is 31.5. The second kappa shape index (κ2) is 12.4. The molecular weight excluding hydrogens is 546 g/mol. The fraction of sp³-hybridized carbons (Fsp3) is 0.452. The van der Waals surface area contributed by atoms with E-state index in [9.17, 15) is 13.2 Å². The predicted molar refractivity (Wildman–Crippen MR) is 157 cm³/mol. The fourth-order valence-corrected chi connectivity index (χ4v) is 7.89. The van der Waals surface area contributed by atoms with Crippen LogP contribution in [-0.4, -0.2) is 33.0 Å². The number of H-pyrrole nitrogens is 1. The number of methoxy groups -OCH3 is 1. The SMILES string of the molecule is COc1ccc(Cl)c(S(=O)(=O)c2ccc(CNC(=O)c3cc4c([nH]3)C3(CCCCCCCCC3)CNC4)cc2)c1. The highest BCUT2D eigenvalue weighted by Gasteiger charge is 2.38. The van der Waals surface area contributed by atoms with Crippen LogP contribution in [0.25, 0.3) is 0 Å². The molecule has 0 bridgehead atoms. The van der Waals surface area contributed by atoms with E-state index in [0.717, 1.165) is 31.5 Å². The van der Waals surface area contributed by atoms with Gasteiger partial charge in [-0.15, -0.1) is 0 Å². The summed E-state index contributed by atoms with van der Waals surface area (Å²) in [5.41, 5.74) is 3.88. The Morgan fingerprint density at radius 1 is 0.975 bits per heavy atom. The van der Waals surface area contributed by atoms with Gasteiger partial charge in [0.1, 0.15) is 11.4 Å². The summed E-state index contributed by atoms with van der Waals surface area (Å²) in [7, 11) is -2.36. The first-order valence-electron chi connectivity index (χ1n) is 14.2. The molecule has 3 N–H and O–H groups in total. The number of ether oxygens (including phenoxy) is 1. The van der Waals surface area contributed by atoms with Crippen LogP contribution in [0, 0.1) is 0 Å². The first kappa shape index (κ1) is 28.7. The minimum Gasteiger partial charge on any atom is -0.497 e. The van der Waals surface area contributed by atoms with Crippen LogP contribution in [0.3, 0.4) is 0 Å². The lowest BCUT2D eigenvalue weighted by atomic mass is 9.72. The first-order valence-corrected chi connectivity index (χ1v) is 16.1. The van der Waals surface area contributed by atoms with Crippen molar-refractivity contribution in [3.63, 3.8) is 0 Å². The van der Waals surface area contributed by atoms with Gasteiger partial charge in [-0.05, 0) is 54.3 Å². The van der Waals surface area contributed by atoms with Crippen molar-refractivity contribution < 1.29 is 17.9 Å². The molecule has 1 spiro atoms. The summed E-state index contributed by atoms with van der Waals surface area (Å²) in [5, 5.41) is 6.74. The monoisotopic (exact) mass is 583 g/mol. The van der Waals surface area contributed by atoms with Crippen LogP contribution in [0.1, 0.15) is 85.1 Å². The number of fused-ring (bicyclic) bond motifs is 2. The normalized spacial score (nSPS) is 17.6. The van der Waals surface area contributed by atoms with E-state index in [2.05, 4.69) is 15.6 Å². The van der Waals surface area contributed by atoms with Crippen molar-refractivity contribution in [2.75, 3.05) is 13.7 Å². The Balaban J connectivity index is 1.27. The summed E-state index contributed by atoms with van der Waals surface area (Å²) in [5.74, 6) is 0.250. The Morgan fingerprint density at radius 2 is 1.65 bits per heavy atom. The summed E-state index contributed by atoms with van der Waals surface area (Å²) in [6, 6.07) is 13.0. The fourth-order valence-electron chi connectivity index (χ4n) is 6.13. The van der Waals surface area contributed by atoms with Crippen LogP contribution in [0.2, 0.25) is 5.02 Å². The molecule has 1 fully saturated rings. The van der Waals surface area contributed by atoms with Crippen molar-refractivity contribution in [2.24, 2.45) is 0 Å². The number of benzene rings is 2. The predicted octanol–water partition coefficient (Wildman–Crippen LogP) is 6.31. The molecule has 40 heavy (non-hydrogen) atoms. The molecule has 2 aromatic carbocycles. The van der Waals surface area contributed by atoms with E-state index in [0.29, 0.717) is 11.4 Å². The van der Waals surface area contributed by atoms with Crippen molar-refractivity contribution in [2.45, 2.75) is 86.1 Å². The Bertz CT molecular complexity index is 1440. The molecular formula is C31H38ClN3O4S. The molecule has 5 rings (SSSR count). The first-order chi connectivity index (χ1) is 19.3. The number of hydrogen-bond donors (Lipinski definition) is 3. The number of halogens is 1. The summed E-state index contributed by atoms with van der Waals surface area (Å²) >= 11 is 6.19. The van der Waals surface area contributed by atoms with E-state index in [1.54, 1.807) is 18.2 Å². The number of carbonyl (C=O) groups is 1. The Labute approximate surface area is 242 Å². The summed E-state index contributed by atoms with van der Waals surface area (Å²) in [4.78, 5) is 16.8. The van der Waals surface area contributed by atoms with Crippen LogP contribution >= 0.6 is 11.6 Å². The molecule has 214 valence electrons. The zero-order valence-corrected chi connectivity index (χ0v) is 24.6. The molecule has 1 amide bonds. The third-order valence-corrected chi connectivity index (χ3v) is 10.6. The third-order valence-electron chi connectivity index (χ3n) is 8.38. The van der Waals surface area contributed by atoms with E-state index in [-0.39, 0.29) is 32.7 Å². The van der Waals surface area contributed by atoms with Gasteiger partial charge in [0.05, 0.1) is 21.9 Å². The lowest BCUT2D eigenvalue weighted by Gasteiger charge is -2.38. The highest BCUT2D eigenvalue weighted by atomic mass is 35.5. The third kappa shape index (κ3) is 6.09. The number of sulfone groups is 1. The molecule has 1 saturated carbocycles. The number of carbonyl (C=O) groups excluding carboxylic acids is 1. The van der Waals surface area contributed by atoms with Gasteiger partial charge in [0.25, 0.3) is 5.91 Å². The smallest absolute Gasteiger partial charge is 0.267 e. The van der Waals surface area contributed by atoms with Crippen LogP contribution in [0.4, 0.5) is 0 Å². The molecule has 7 nitrogen and oxygen atoms in total. The molecule has 2 aliphatic rings. The van der Waals surface area contributed by atoms with Crippen LogP contribution in [0.5, 0.6) is 5.75 Å². The van der Waals surface area contributed by atoms with Crippen molar-refractivity contribution in [3.05, 3.63) is 76.1 Å². The van der Waals surface area contributed by atoms with Gasteiger partial charge in [0, 0.05) is 36.8 Å². The number of nitrogens with one attached hydrogen (secondary N) is 3. The lowest BCUT2D eigenvalue weighted by molar-refractivity contribution is 0.0946. The zero-order chi connectivity index (χ0) is 28.2. The van der Waals surface area contributed by atoms with Gasteiger partial charge in [-0.3, -0.25) is 4.79 Å². The van der Waals surface area contributed by atoms with E-state index in [1.165, 1.54) is 87.6 Å². The van der Waals surface area contributed by atoms with Gasteiger partial charge >= 0.3 is 0 Å². The number of aromatic amines is 1. The van der Waals surface area contributed by atoms with Crippen LogP contribution in [0.15, 0.2) is 58.3 Å². The minimum atomic E-state index is -3.83. The molecule has 0 atom stereocenters. The molecule has 0 unspecified atom stereocenters. The van der Waals surface area contributed by atoms with E-state index >= 15 is 0 Å². The van der Waals surface area contributed by atoms with Gasteiger partial charge in [0.15, 0.2) is 0 Å². The standard InChI is InChI=1S/C31H38ClN3O4S/c1-39-24-11-14-26(32)28(18-24)40(37,38)25-12-9-22(10-13-25)19-34-30(36)27-17-23-20-33-21-31(29(23)35-27)15-7-5-3-2-4-6-8-16-31/h9-14,17-18,33,35H,2-8,15-16,19-21H2,1H3,(H,34,36). The van der Waals surface area contributed by atoms with Crippen LogP contribution < -0.4 is 15.4 Å². The van der Waals surface area contributed by atoms with Crippen molar-refractivity contribution in [1.82, 2.24) is 15.6 Å². The quantitative estimate of drug-likeness (QED) is 0.316. The zero-order valence-electron chi connectivity index (χ0n) is 23.0. The van der Waals surface area contributed by atoms with E-state index in [1.807, 2.05) is 6.07 Å². The van der Waals surface area contributed by atoms with Crippen molar-refractivity contribution in [3.8, 4) is 5.75 Å². The minimum absolute atomic E-state index is 0.00647. The molecule has 1 aromatic heterocycles. The largest absolute Gasteiger partial charge is 0.497 e. The second-order valence-electron chi connectivity index (χ2n) is 11.1. The van der Waals surface area contributed by atoms with Crippen LogP contribution in [-0.2, 0) is 28.3 Å². The summed E-state index contributed by atoms with van der Waals surface area (Å²) in [6.07, 6.45) is 11.3. The maximum atomic E-state index is 13.2. The van der Waals surface area contributed by atoms with Crippen molar-refractivity contribution in [1.29, 1.82) is 0 Å².